The number of hydrogen-bond acceptors (Lipinski definition) is 2. The lowest BCUT2D eigenvalue weighted by molar-refractivity contribution is -0.144. The molecular weight excluding hydrogens is 188 g/mol. The molecule has 1 amide bonds. The molecule has 0 unspecified atom stereocenters. The Hall–Kier alpha value is -0.570. The third-order valence-corrected chi connectivity index (χ3v) is 4.36. The molecule has 2 bridgehead atoms. The van der Waals surface area contributed by atoms with Gasteiger partial charge in [0.05, 0.1) is 0 Å². The zero-order valence-corrected chi connectivity index (χ0v) is 9.48. The second kappa shape index (κ2) is 3.48. The summed E-state index contributed by atoms with van der Waals surface area (Å²) < 4.78 is 0. The number of nitrogens with zero attached hydrogens (tertiary/aromatic N) is 2. The minimum atomic E-state index is 0.422. The molecule has 15 heavy (non-hydrogen) atoms. The fourth-order valence-corrected chi connectivity index (χ4v) is 3.86. The van der Waals surface area contributed by atoms with E-state index in [0.29, 0.717) is 11.9 Å². The standard InChI is InChI=1S/C12H20N2O/c1-13-6-9-5-10(8-13)11-3-2-4-12(15)14(11)7-9/h9-11H,2-8H2,1H3/t9-,10+,11-/m1/s1. The summed E-state index contributed by atoms with van der Waals surface area (Å²) in [4.78, 5) is 16.5. The van der Waals surface area contributed by atoms with Gasteiger partial charge in [-0.05, 0) is 38.1 Å². The van der Waals surface area contributed by atoms with E-state index >= 15 is 0 Å². The summed E-state index contributed by atoms with van der Waals surface area (Å²) >= 11 is 0. The predicted octanol–water partition coefficient (Wildman–Crippen LogP) is 0.949. The maximum absolute atomic E-state index is 11.9. The fourth-order valence-electron chi connectivity index (χ4n) is 3.86. The first-order valence-electron chi connectivity index (χ1n) is 6.22. The third kappa shape index (κ3) is 1.57. The molecule has 0 radical (unpaired) electrons. The van der Waals surface area contributed by atoms with E-state index in [-0.39, 0.29) is 0 Å². The Morgan fingerprint density at radius 3 is 3.00 bits per heavy atom. The van der Waals surface area contributed by atoms with Crippen LogP contribution in [0.3, 0.4) is 0 Å². The van der Waals surface area contributed by atoms with E-state index < -0.39 is 0 Å². The molecule has 0 aromatic rings. The molecule has 0 aliphatic carbocycles. The minimum Gasteiger partial charge on any atom is -0.339 e. The zero-order valence-electron chi connectivity index (χ0n) is 9.48. The number of piperidine rings is 3. The summed E-state index contributed by atoms with van der Waals surface area (Å²) in [7, 11) is 2.22. The lowest BCUT2D eigenvalue weighted by Crippen LogP contribution is -2.59. The minimum absolute atomic E-state index is 0.422. The van der Waals surface area contributed by atoms with Crippen LogP contribution >= 0.6 is 0 Å². The number of likely N-dealkylation sites (tertiary alicyclic amines) is 1. The Kier molecular flexibility index (Phi) is 2.23. The average Bonchev–Trinajstić information content (AvgIpc) is 2.19. The van der Waals surface area contributed by atoms with Crippen molar-refractivity contribution < 1.29 is 4.79 Å². The molecule has 3 nitrogen and oxygen atoms in total. The van der Waals surface area contributed by atoms with Gasteiger partial charge in [0, 0.05) is 32.1 Å². The van der Waals surface area contributed by atoms with Crippen LogP contribution in [-0.4, -0.2) is 48.4 Å². The van der Waals surface area contributed by atoms with E-state index in [1.807, 2.05) is 0 Å². The van der Waals surface area contributed by atoms with Crippen LogP contribution < -0.4 is 0 Å². The Morgan fingerprint density at radius 1 is 1.27 bits per heavy atom. The van der Waals surface area contributed by atoms with Gasteiger partial charge in [-0.2, -0.15) is 0 Å². The van der Waals surface area contributed by atoms with Gasteiger partial charge in [0.15, 0.2) is 0 Å². The molecule has 3 fully saturated rings. The second-order valence-corrected chi connectivity index (χ2v) is 5.59. The van der Waals surface area contributed by atoms with Crippen LogP contribution in [0.5, 0.6) is 0 Å². The molecule has 0 saturated carbocycles. The van der Waals surface area contributed by atoms with Gasteiger partial charge >= 0.3 is 0 Å². The van der Waals surface area contributed by atoms with Crippen molar-refractivity contribution in [2.75, 3.05) is 26.7 Å². The van der Waals surface area contributed by atoms with Crippen LogP contribution in [0, 0.1) is 11.8 Å². The highest BCUT2D eigenvalue weighted by Gasteiger charge is 2.42. The summed E-state index contributed by atoms with van der Waals surface area (Å²) in [5.41, 5.74) is 0. The molecule has 3 saturated heterocycles. The normalized spacial score (nSPS) is 41.5. The summed E-state index contributed by atoms with van der Waals surface area (Å²) in [6.45, 7) is 3.42. The molecular formula is C12H20N2O. The first-order valence-corrected chi connectivity index (χ1v) is 6.22. The van der Waals surface area contributed by atoms with E-state index in [1.165, 1.54) is 25.9 Å². The first-order chi connectivity index (χ1) is 7.24. The lowest BCUT2D eigenvalue weighted by atomic mass is 9.76. The highest BCUT2D eigenvalue weighted by molar-refractivity contribution is 5.77. The molecule has 84 valence electrons. The molecule has 3 aliphatic heterocycles. The molecule has 3 rings (SSSR count). The second-order valence-electron chi connectivity index (χ2n) is 5.59. The van der Waals surface area contributed by atoms with Gasteiger partial charge in [0.25, 0.3) is 0 Å². The van der Waals surface area contributed by atoms with Crippen molar-refractivity contribution in [3.63, 3.8) is 0 Å². The van der Waals surface area contributed by atoms with Crippen molar-refractivity contribution in [3.8, 4) is 0 Å². The van der Waals surface area contributed by atoms with Crippen molar-refractivity contribution in [2.45, 2.75) is 31.7 Å². The van der Waals surface area contributed by atoms with Crippen molar-refractivity contribution in [1.82, 2.24) is 9.80 Å². The number of hydrogen-bond donors (Lipinski definition) is 0. The van der Waals surface area contributed by atoms with Gasteiger partial charge in [-0.1, -0.05) is 0 Å². The molecule has 3 aliphatic rings. The lowest BCUT2D eigenvalue weighted by Gasteiger charge is -2.51. The topological polar surface area (TPSA) is 23.6 Å². The van der Waals surface area contributed by atoms with Gasteiger partial charge < -0.3 is 9.80 Å². The molecule has 0 aromatic heterocycles. The van der Waals surface area contributed by atoms with Crippen molar-refractivity contribution in [2.24, 2.45) is 11.8 Å². The number of amides is 1. The van der Waals surface area contributed by atoms with Crippen LogP contribution in [0.1, 0.15) is 25.7 Å². The SMILES string of the molecule is CN1C[C@H]2C[C@@H](C1)[C@H]1CCCC(=O)N1C2. The summed E-state index contributed by atoms with van der Waals surface area (Å²) in [5.74, 6) is 1.92. The molecule has 3 heterocycles. The summed E-state index contributed by atoms with van der Waals surface area (Å²) in [6, 6.07) is 0.574. The van der Waals surface area contributed by atoms with Crippen molar-refractivity contribution in [1.29, 1.82) is 0 Å². The Morgan fingerprint density at radius 2 is 2.13 bits per heavy atom. The van der Waals surface area contributed by atoms with Gasteiger partial charge in [-0.15, -0.1) is 0 Å². The van der Waals surface area contributed by atoms with Crippen LogP contribution in [0.15, 0.2) is 0 Å². The van der Waals surface area contributed by atoms with Crippen LogP contribution in [-0.2, 0) is 4.79 Å². The molecule has 0 spiro atoms. The van der Waals surface area contributed by atoms with Gasteiger partial charge in [-0.3, -0.25) is 4.79 Å². The predicted molar refractivity (Wildman–Crippen MR) is 58.4 cm³/mol. The quantitative estimate of drug-likeness (QED) is 0.592. The van der Waals surface area contributed by atoms with Crippen LogP contribution in [0.25, 0.3) is 0 Å². The maximum atomic E-state index is 11.9. The summed E-state index contributed by atoms with van der Waals surface area (Å²) in [6.07, 6.45) is 4.52. The number of carbonyl (C=O) groups excluding carboxylic acids is 1. The largest absolute Gasteiger partial charge is 0.339 e. The van der Waals surface area contributed by atoms with Gasteiger partial charge in [0.2, 0.25) is 5.91 Å². The Labute approximate surface area is 91.4 Å². The van der Waals surface area contributed by atoms with E-state index in [1.54, 1.807) is 0 Å². The third-order valence-electron chi connectivity index (χ3n) is 4.36. The highest BCUT2D eigenvalue weighted by atomic mass is 16.2. The molecule has 3 atom stereocenters. The number of fused-ring (bicyclic) bond motifs is 4. The smallest absolute Gasteiger partial charge is 0.222 e. The van der Waals surface area contributed by atoms with Crippen molar-refractivity contribution >= 4 is 5.91 Å². The Balaban J connectivity index is 1.82. The zero-order chi connectivity index (χ0) is 10.4. The van der Waals surface area contributed by atoms with E-state index in [2.05, 4.69) is 16.8 Å². The van der Waals surface area contributed by atoms with E-state index in [9.17, 15) is 4.79 Å². The molecule has 0 N–H and O–H groups in total. The Bertz CT molecular complexity index is 277. The van der Waals surface area contributed by atoms with E-state index in [0.717, 1.165) is 31.2 Å². The highest BCUT2D eigenvalue weighted by Crippen LogP contribution is 2.37. The monoisotopic (exact) mass is 208 g/mol. The van der Waals surface area contributed by atoms with E-state index in [4.69, 9.17) is 0 Å². The van der Waals surface area contributed by atoms with Crippen LogP contribution in [0.2, 0.25) is 0 Å². The van der Waals surface area contributed by atoms with Gasteiger partial charge in [-0.25, -0.2) is 0 Å². The van der Waals surface area contributed by atoms with Crippen LogP contribution in [0.4, 0.5) is 0 Å². The molecule has 3 heteroatoms. The van der Waals surface area contributed by atoms with Gasteiger partial charge in [0.1, 0.15) is 0 Å². The molecule has 0 aromatic carbocycles. The first kappa shape index (κ1) is 9.64. The number of rotatable bonds is 0. The fraction of sp³-hybridized carbons (Fsp3) is 0.917. The number of carbonyl (C=O) groups is 1. The van der Waals surface area contributed by atoms with Crippen molar-refractivity contribution in [3.05, 3.63) is 0 Å². The maximum Gasteiger partial charge on any atom is 0.222 e. The average molecular weight is 208 g/mol. The summed E-state index contributed by atoms with van der Waals surface area (Å²) in [5, 5.41) is 0.